The summed E-state index contributed by atoms with van der Waals surface area (Å²) in [6.07, 6.45) is 4.95. The van der Waals surface area contributed by atoms with Gasteiger partial charge in [0.15, 0.2) is 5.76 Å². The summed E-state index contributed by atoms with van der Waals surface area (Å²) >= 11 is 0. The Kier molecular flexibility index (Phi) is 6.25. The van der Waals surface area contributed by atoms with Crippen molar-refractivity contribution >= 4 is 32.9 Å². The van der Waals surface area contributed by atoms with E-state index in [1.54, 1.807) is 54.3 Å². The molecule has 0 aliphatic carbocycles. The van der Waals surface area contributed by atoms with Crippen molar-refractivity contribution in [2.75, 3.05) is 33.4 Å². The predicted octanol–water partition coefficient (Wildman–Crippen LogP) is 3.30. The van der Waals surface area contributed by atoms with Crippen LogP contribution in [0.25, 0.3) is 28.2 Å². The van der Waals surface area contributed by atoms with E-state index in [4.69, 9.17) is 14.2 Å². The third-order valence-electron chi connectivity index (χ3n) is 6.97. The van der Waals surface area contributed by atoms with Gasteiger partial charge < -0.3 is 29.0 Å². The lowest BCUT2D eigenvalue weighted by atomic mass is 10.0. The van der Waals surface area contributed by atoms with Gasteiger partial charge in [0.25, 0.3) is 0 Å². The number of ketones is 1. The average Bonchev–Trinajstić information content (AvgIpc) is 3.44. The summed E-state index contributed by atoms with van der Waals surface area (Å²) in [6, 6.07) is 9.07. The molecular weight excluding hydrogens is 538 g/mol. The van der Waals surface area contributed by atoms with Crippen molar-refractivity contribution in [1.82, 2.24) is 13.9 Å². The van der Waals surface area contributed by atoms with Gasteiger partial charge in [-0.3, -0.25) is 4.79 Å². The Labute approximate surface area is 229 Å². The van der Waals surface area contributed by atoms with Crippen LogP contribution < -0.4 is 9.47 Å². The maximum atomic E-state index is 13.6. The lowest BCUT2D eigenvalue weighted by Crippen LogP contribution is -2.40. The number of hydrogen-bond donors (Lipinski definition) is 2. The summed E-state index contributed by atoms with van der Waals surface area (Å²) < 4.78 is 46.8. The monoisotopic (exact) mass is 563 g/mol. The number of hydrogen-bond acceptors (Lipinski definition) is 9. The number of sulfonamides is 1. The van der Waals surface area contributed by atoms with E-state index >= 15 is 0 Å². The number of pyridine rings is 1. The number of benzene rings is 2. The number of aromatic hydroxyl groups is 2. The molecule has 1 saturated heterocycles. The first-order chi connectivity index (χ1) is 19.2. The largest absolute Gasteiger partial charge is 0.508 e. The standard InChI is InChI=1S/C28H25N3O8S/c1-30-15-17(11-23-27(34)26-20(33)13-18(32)14-22(26)39-23)25-19(5-6-29-28(25)30)16-3-4-21(37-2)24(12-16)40(35,36)31-7-9-38-10-8-31/h3-6,11-15,32-33H,7-10H2,1-2H3/b23-11-. The van der Waals surface area contributed by atoms with Crippen LogP contribution in [-0.2, 0) is 21.8 Å². The highest BCUT2D eigenvalue weighted by Crippen LogP contribution is 2.42. The smallest absolute Gasteiger partial charge is 0.246 e. The third kappa shape index (κ3) is 4.17. The quantitative estimate of drug-likeness (QED) is 0.350. The lowest BCUT2D eigenvalue weighted by Gasteiger charge is -2.27. The van der Waals surface area contributed by atoms with Gasteiger partial charge in [0.05, 0.1) is 20.3 Å². The third-order valence-corrected chi connectivity index (χ3v) is 8.89. The highest BCUT2D eigenvalue weighted by atomic mass is 32.2. The molecule has 2 aliphatic rings. The SMILES string of the molecule is COc1ccc(-c2ccnc3c2c(/C=C2\Oc4cc(O)cc(O)c4C2=O)cn3C)cc1S(=O)(=O)N1CCOCC1. The summed E-state index contributed by atoms with van der Waals surface area (Å²) in [5.74, 6) is -0.899. The van der Waals surface area contributed by atoms with Gasteiger partial charge in [-0.05, 0) is 35.4 Å². The molecule has 2 aliphatic heterocycles. The van der Waals surface area contributed by atoms with Crippen LogP contribution in [0, 0.1) is 0 Å². The summed E-state index contributed by atoms with van der Waals surface area (Å²) in [4.78, 5) is 17.6. The van der Waals surface area contributed by atoms with Gasteiger partial charge in [0, 0.05) is 55.6 Å². The van der Waals surface area contributed by atoms with Crippen molar-refractivity contribution < 1.29 is 37.6 Å². The molecule has 40 heavy (non-hydrogen) atoms. The second-order valence-electron chi connectivity index (χ2n) is 9.41. The van der Waals surface area contributed by atoms with E-state index in [1.165, 1.54) is 17.5 Å². The maximum absolute atomic E-state index is 13.6. The molecule has 0 amide bonds. The number of phenols is 2. The average molecular weight is 564 g/mol. The molecule has 4 aromatic rings. The minimum atomic E-state index is -3.87. The van der Waals surface area contributed by atoms with E-state index in [2.05, 4.69) is 4.98 Å². The molecule has 0 atom stereocenters. The van der Waals surface area contributed by atoms with Gasteiger partial charge in [-0.1, -0.05) is 6.07 Å². The van der Waals surface area contributed by atoms with Gasteiger partial charge >= 0.3 is 0 Å². The summed E-state index contributed by atoms with van der Waals surface area (Å²) in [6.45, 7) is 1.12. The Morgan fingerprint density at radius 3 is 2.62 bits per heavy atom. The first kappa shape index (κ1) is 25.9. The van der Waals surface area contributed by atoms with E-state index < -0.39 is 15.8 Å². The van der Waals surface area contributed by atoms with Crippen LogP contribution in [0.4, 0.5) is 0 Å². The van der Waals surface area contributed by atoms with Crippen molar-refractivity contribution in [3.8, 4) is 34.1 Å². The molecule has 0 saturated carbocycles. The van der Waals surface area contributed by atoms with Gasteiger partial charge in [0.2, 0.25) is 15.8 Å². The first-order valence-corrected chi connectivity index (χ1v) is 13.8. The number of allylic oxidation sites excluding steroid dienone is 1. The van der Waals surface area contributed by atoms with E-state index in [0.717, 1.165) is 6.07 Å². The number of carbonyl (C=O) groups is 1. The second-order valence-corrected chi connectivity index (χ2v) is 11.3. The zero-order chi connectivity index (χ0) is 28.2. The molecule has 2 aromatic heterocycles. The van der Waals surface area contributed by atoms with E-state index in [9.17, 15) is 23.4 Å². The fourth-order valence-electron chi connectivity index (χ4n) is 5.08. The zero-order valence-electron chi connectivity index (χ0n) is 21.6. The summed E-state index contributed by atoms with van der Waals surface area (Å²) in [5, 5.41) is 20.7. The van der Waals surface area contributed by atoms with Crippen LogP contribution >= 0.6 is 0 Å². The van der Waals surface area contributed by atoms with E-state index in [0.29, 0.717) is 40.9 Å². The predicted molar refractivity (Wildman–Crippen MR) is 145 cm³/mol. The molecule has 6 rings (SSSR count). The molecule has 2 aromatic carbocycles. The van der Waals surface area contributed by atoms with Gasteiger partial charge in [-0.2, -0.15) is 4.31 Å². The lowest BCUT2D eigenvalue weighted by molar-refractivity contribution is 0.0729. The Morgan fingerprint density at radius 1 is 1.10 bits per heavy atom. The van der Waals surface area contributed by atoms with Crippen LogP contribution in [0.5, 0.6) is 23.0 Å². The first-order valence-electron chi connectivity index (χ1n) is 12.4. The Morgan fingerprint density at radius 2 is 1.88 bits per heavy atom. The molecule has 0 bridgehead atoms. The minimum absolute atomic E-state index is 0.0317. The van der Waals surface area contributed by atoms with Crippen LogP contribution in [0.15, 0.2) is 59.4 Å². The van der Waals surface area contributed by atoms with Crippen LogP contribution in [0.3, 0.4) is 0 Å². The van der Waals surface area contributed by atoms with Gasteiger partial charge in [0.1, 0.15) is 39.1 Å². The number of methoxy groups -OCH3 is 1. The molecule has 11 nitrogen and oxygen atoms in total. The molecule has 1 fully saturated rings. The number of rotatable bonds is 5. The maximum Gasteiger partial charge on any atom is 0.246 e. The molecule has 206 valence electrons. The highest BCUT2D eigenvalue weighted by Gasteiger charge is 2.32. The number of fused-ring (bicyclic) bond motifs is 2. The number of aromatic nitrogens is 2. The number of carbonyl (C=O) groups excluding carboxylic acids is 1. The van der Waals surface area contributed by atoms with Crippen molar-refractivity contribution in [3.05, 3.63) is 65.7 Å². The number of morpholine rings is 1. The topological polar surface area (TPSA) is 140 Å². The van der Waals surface area contributed by atoms with Gasteiger partial charge in [-0.15, -0.1) is 0 Å². The molecule has 4 heterocycles. The fourth-order valence-corrected chi connectivity index (χ4v) is 6.67. The van der Waals surface area contributed by atoms with Crippen LogP contribution in [0.1, 0.15) is 15.9 Å². The Hall–Kier alpha value is -4.39. The number of Topliss-reactive ketones (excluding diaryl/α,β-unsaturated/α-hetero) is 1. The molecule has 0 unspecified atom stereocenters. The van der Waals surface area contributed by atoms with Crippen molar-refractivity contribution in [2.45, 2.75) is 4.90 Å². The second kappa shape index (κ2) is 9.66. The number of phenolic OH excluding ortho intramolecular Hbond substituents is 2. The zero-order valence-corrected chi connectivity index (χ0v) is 22.4. The summed E-state index contributed by atoms with van der Waals surface area (Å²) in [5.41, 5.74) is 2.45. The van der Waals surface area contributed by atoms with Crippen LogP contribution in [0.2, 0.25) is 0 Å². The molecular formula is C28H25N3O8S. The minimum Gasteiger partial charge on any atom is -0.508 e. The van der Waals surface area contributed by atoms with Crippen molar-refractivity contribution in [1.29, 1.82) is 0 Å². The highest BCUT2D eigenvalue weighted by molar-refractivity contribution is 7.89. The Balaban J connectivity index is 1.49. The van der Waals surface area contributed by atoms with E-state index in [-0.39, 0.29) is 52.3 Å². The van der Waals surface area contributed by atoms with Crippen molar-refractivity contribution in [3.63, 3.8) is 0 Å². The fraction of sp³-hybridized carbons (Fsp3) is 0.214. The number of nitrogens with zero attached hydrogens (tertiary/aromatic N) is 3. The van der Waals surface area contributed by atoms with Gasteiger partial charge in [-0.25, -0.2) is 13.4 Å². The molecule has 2 N–H and O–H groups in total. The van der Waals surface area contributed by atoms with Crippen molar-refractivity contribution in [2.24, 2.45) is 7.05 Å². The number of ether oxygens (including phenoxy) is 3. The Bertz CT molecular complexity index is 1820. The van der Waals surface area contributed by atoms with E-state index in [1.807, 2.05) is 0 Å². The molecule has 0 spiro atoms. The normalized spacial score (nSPS) is 16.9. The van der Waals surface area contributed by atoms with Crippen LogP contribution in [-0.4, -0.2) is 71.7 Å². The molecule has 12 heteroatoms. The molecule has 0 radical (unpaired) electrons. The number of aryl methyl sites for hydroxylation is 1. The summed E-state index contributed by atoms with van der Waals surface area (Å²) in [7, 11) is -0.642.